The Hall–Kier alpha value is -2.60. The van der Waals surface area contributed by atoms with Crippen LogP contribution in [-0.4, -0.2) is 54.5 Å². The normalized spacial score (nSPS) is 14.9. The fourth-order valence-corrected chi connectivity index (χ4v) is 3.95. The van der Waals surface area contributed by atoms with Crippen molar-refractivity contribution in [2.24, 2.45) is 0 Å². The number of carbonyl (C=O) groups is 2. The molecule has 150 valence electrons. The average Bonchev–Trinajstić information content (AvgIpc) is 2.96. The van der Waals surface area contributed by atoms with Gasteiger partial charge in [-0.05, 0) is 33.3 Å². The lowest BCUT2D eigenvalue weighted by atomic mass is 10.1. The van der Waals surface area contributed by atoms with Crippen molar-refractivity contribution >= 4 is 11.9 Å². The summed E-state index contributed by atoms with van der Waals surface area (Å²) < 4.78 is 5.12. The fourth-order valence-electron chi connectivity index (χ4n) is 3.95. The van der Waals surface area contributed by atoms with Crippen molar-refractivity contribution < 1.29 is 19.2 Å². The Bertz CT molecular complexity index is 864. The van der Waals surface area contributed by atoms with E-state index < -0.39 is 0 Å². The minimum atomic E-state index is -0.375. The third kappa shape index (κ3) is 4.28. The molecule has 1 amide bonds. The van der Waals surface area contributed by atoms with Gasteiger partial charge in [-0.3, -0.25) is 4.79 Å². The number of aryl methyl sites for hydroxylation is 2. The number of nitrogens with one attached hydrogen (secondary N) is 2. The molecule has 0 spiro atoms. The number of H-pyrrole nitrogens is 1. The second-order valence-corrected chi connectivity index (χ2v) is 7.55. The van der Waals surface area contributed by atoms with E-state index in [0.717, 1.165) is 19.6 Å². The van der Waals surface area contributed by atoms with Gasteiger partial charge >= 0.3 is 5.97 Å². The largest absolute Gasteiger partial charge is 0.462 e. The third-order valence-corrected chi connectivity index (χ3v) is 5.43. The molecule has 1 aliphatic rings. The van der Waals surface area contributed by atoms with Crippen LogP contribution in [0.2, 0.25) is 0 Å². The van der Waals surface area contributed by atoms with Crippen molar-refractivity contribution in [2.75, 3.05) is 32.8 Å². The van der Waals surface area contributed by atoms with E-state index in [2.05, 4.69) is 36.2 Å². The van der Waals surface area contributed by atoms with Crippen LogP contribution >= 0.6 is 0 Å². The monoisotopic (exact) mass is 384 g/mol. The molecule has 1 aromatic carbocycles. The summed E-state index contributed by atoms with van der Waals surface area (Å²) in [5, 5.41) is 0. The lowest BCUT2D eigenvalue weighted by Gasteiger charge is -2.32. The maximum Gasteiger partial charge on any atom is 0.340 e. The molecular weight excluding hydrogens is 354 g/mol. The van der Waals surface area contributed by atoms with Crippen LogP contribution in [-0.2, 0) is 11.3 Å². The highest BCUT2D eigenvalue weighted by molar-refractivity contribution is 6.00. The number of quaternary nitrogens is 1. The molecule has 28 heavy (non-hydrogen) atoms. The molecule has 3 rings (SSSR count). The summed E-state index contributed by atoms with van der Waals surface area (Å²) in [4.78, 5) is 31.7. The first-order valence-electron chi connectivity index (χ1n) is 9.95. The van der Waals surface area contributed by atoms with Crippen molar-refractivity contribution in [1.82, 2.24) is 9.88 Å². The van der Waals surface area contributed by atoms with E-state index in [9.17, 15) is 9.59 Å². The van der Waals surface area contributed by atoms with Crippen LogP contribution in [0.15, 0.2) is 24.3 Å². The molecule has 6 heteroatoms. The zero-order chi connectivity index (χ0) is 20.3. The number of amides is 1. The van der Waals surface area contributed by atoms with Gasteiger partial charge in [0.05, 0.1) is 38.3 Å². The molecule has 1 fully saturated rings. The molecule has 2 aromatic rings. The number of hydrogen-bond acceptors (Lipinski definition) is 3. The van der Waals surface area contributed by atoms with Gasteiger partial charge in [0.15, 0.2) is 0 Å². The highest BCUT2D eigenvalue weighted by atomic mass is 16.5. The van der Waals surface area contributed by atoms with Crippen molar-refractivity contribution in [1.29, 1.82) is 0 Å². The van der Waals surface area contributed by atoms with Crippen LogP contribution in [0.4, 0.5) is 0 Å². The SMILES string of the molecule is CCOC(=O)c1c(C)[nH]c(C(=O)N2CC[NH+](Cc3cccc(C)c3)CC2)c1C. The van der Waals surface area contributed by atoms with Gasteiger partial charge in [0.2, 0.25) is 0 Å². The van der Waals surface area contributed by atoms with Gasteiger partial charge in [-0.1, -0.05) is 29.8 Å². The van der Waals surface area contributed by atoms with Gasteiger partial charge < -0.3 is 19.5 Å². The molecule has 0 aliphatic carbocycles. The lowest BCUT2D eigenvalue weighted by Crippen LogP contribution is -3.13. The highest BCUT2D eigenvalue weighted by Crippen LogP contribution is 2.20. The van der Waals surface area contributed by atoms with E-state index in [0.29, 0.717) is 42.2 Å². The van der Waals surface area contributed by atoms with E-state index in [-0.39, 0.29) is 11.9 Å². The molecule has 2 N–H and O–H groups in total. The molecule has 6 nitrogen and oxygen atoms in total. The van der Waals surface area contributed by atoms with E-state index in [1.807, 2.05) is 11.8 Å². The Kier molecular flexibility index (Phi) is 6.19. The number of carbonyl (C=O) groups excluding carboxylic acids is 2. The molecule has 0 bridgehead atoms. The van der Waals surface area contributed by atoms with Crippen LogP contribution in [0.3, 0.4) is 0 Å². The van der Waals surface area contributed by atoms with Gasteiger partial charge in [0.1, 0.15) is 12.2 Å². The second-order valence-electron chi connectivity index (χ2n) is 7.55. The standard InChI is InChI=1S/C22H29N3O3/c1-5-28-22(27)19-16(3)20(23-17(19)4)21(26)25-11-9-24(10-12-25)14-18-8-6-7-15(2)13-18/h6-8,13,23H,5,9-12,14H2,1-4H3/p+1. The predicted octanol–water partition coefficient (Wildman–Crippen LogP) is 1.66. The van der Waals surface area contributed by atoms with Crippen molar-refractivity contribution in [2.45, 2.75) is 34.2 Å². The second kappa shape index (κ2) is 8.61. The summed E-state index contributed by atoms with van der Waals surface area (Å²) in [6, 6.07) is 8.61. The lowest BCUT2D eigenvalue weighted by molar-refractivity contribution is -0.917. The summed E-state index contributed by atoms with van der Waals surface area (Å²) in [6.45, 7) is 12.1. The van der Waals surface area contributed by atoms with E-state index in [1.54, 1.807) is 13.8 Å². The summed E-state index contributed by atoms with van der Waals surface area (Å²) in [5.74, 6) is -0.411. The van der Waals surface area contributed by atoms with Crippen molar-refractivity contribution in [3.05, 3.63) is 57.9 Å². The zero-order valence-corrected chi connectivity index (χ0v) is 17.2. The number of aromatic nitrogens is 1. The highest BCUT2D eigenvalue weighted by Gasteiger charge is 2.29. The minimum Gasteiger partial charge on any atom is -0.462 e. The molecular formula is C22H30N3O3+. The molecule has 0 atom stereocenters. The zero-order valence-electron chi connectivity index (χ0n) is 17.2. The Morgan fingerprint density at radius 3 is 2.54 bits per heavy atom. The van der Waals surface area contributed by atoms with Crippen LogP contribution < -0.4 is 4.90 Å². The first-order valence-corrected chi connectivity index (χ1v) is 9.95. The molecule has 0 unspecified atom stereocenters. The third-order valence-electron chi connectivity index (χ3n) is 5.43. The maximum absolute atomic E-state index is 13.0. The Morgan fingerprint density at radius 2 is 1.89 bits per heavy atom. The molecule has 0 saturated carbocycles. The number of aromatic amines is 1. The number of ether oxygens (including phenoxy) is 1. The van der Waals surface area contributed by atoms with Gasteiger partial charge in [-0.25, -0.2) is 4.79 Å². The van der Waals surface area contributed by atoms with Crippen molar-refractivity contribution in [3.63, 3.8) is 0 Å². The van der Waals surface area contributed by atoms with Crippen LogP contribution in [0.1, 0.15) is 50.2 Å². The molecule has 1 saturated heterocycles. The first kappa shape index (κ1) is 20.1. The first-order chi connectivity index (χ1) is 13.4. The maximum atomic E-state index is 13.0. The Labute approximate surface area is 166 Å². The van der Waals surface area contributed by atoms with Crippen LogP contribution in [0.5, 0.6) is 0 Å². The smallest absolute Gasteiger partial charge is 0.340 e. The Morgan fingerprint density at radius 1 is 1.18 bits per heavy atom. The molecule has 0 radical (unpaired) electrons. The number of rotatable bonds is 5. The van der Waals surface area contributed by atoms with Gasteiger partial charge in [0.25, 0.3) is 5.91 Å². The number of nitrogens with zero attached hydrogens (tertiary/aromatic N) is 1. The number of piperazine rings is 1. The van der Waals surface area contributed by atoms with Crippen LogP contribution in [0.25, 0.3) is 0 Å². The van der Waals surface area contributed by atoms with Gasteiger partial charge in [-0.15, -0.1) is 0 Å². The molecule has 2 heterocycles. The molecule has 1 aromatic heterocycles. The summed E-state index contributed by atoms with van der Waals surface area (Å²) in [6.07, 6.45) is 0. The average molecular weight is 385 g/mol. The fraction of sp³-hybridized carbons (Fsp3) is 0.455. The number of esters is 1. The number of hydrogen-bond donors (Lipinski definition) is 2. The predicted molar refractivity (Wildman–Crippen MR) is 108 cm³/mol. The van der Waals surface area contributed by atoms with E-state index in [4.69, 9.17) is 4.74 Å². The van der Waals surface area contributed by atoms with E-state index >= 15 is 0 Å². The van der Waals surface area contributed by atoms with Gasteiger partial charge in [-0.2, -0.15) is 0 Å². The van der Waals surface area contributed by atoms with Crippen molar-refractivity contribution in [3.8, 4) is 0 Å². The topological polar surface area (TPSA) is 66.8 Å². The number of benzene rings is 1. The van der Waals surface area contributed by atoms with Crippen LogP contribution in [0, 0.1) is 20.8 Å². The Balaban J connectivity index is 1.64. The quantitative estimate of drug-likeness (QED) is 0.771. The molecule has 1 aliphatic heterocycles. The summed E-state index contributed by atoms with van der Waals surface area (Å²) in [5.41, 5.74) is 4.96. The summed E-state index contributed by atoms with van der Waals surface area (Å²) in [7, 11) is 0. The minimum absolute atomic E-state index is 0.0363. The van der Waals surface area contributed by atoms with Gasteiger partial charge in [0, 0.05) is 11.3 Å². The summed E-state index contributed by atoms with van der Waals surface area (Å²) >= 11 is 0. The van der Waals surface area contributed by atoms with E-state index in [1.165, 1.54) is 16.0 Å².